The van der Waals surface area contributed by atoms with Crippen molar-refractivity contribution in [1.82, 2.24) is 4.90 Å². The highest BCUT2D eigenvalue weighted by atomic mass is 16.5. The largest absolute Gasteiger partial charge is 0.466 e. The summed E-state index contributed by atoms with van der Waals surface area (Å²) in [6, 6.07) is 16.7. The first kappa shape index (κ1) is 15.1. The highest BCUT2D eigenvalue weighted by molar-refractivity contribution is 6.15. The molecular weight excluding hydrogens is 292 g/mol. The maximum atomic E-state index is 12.8. The van der Waals surface area contributed by atoms with Gasteiger partial charge in [0.05, 0.1) is 5.69 Å². The molecule has 118 valence electrons. The molecule has 2 aromatic carbocycles. The molecule has 0 fully saturated rings. The summed E-state index contributed by atoms with van der Waals surface area (Å²) < 4.78 is 5.75. The lowest BCUT2D eigenvalue weighted by atomic mass is 10.0. The van der Waals surface area contributed by atoms with Crippen LogP contribution in [0.4, 0.5) is 5.69 Å². The fourth-order valence-electron chi connectivity index (χ4n) is 2.60. The van der Waals surface area contributed by atoms with E-state index in [1.807, 2.05) is 30.3 Å². The Kier molecular flexibility index (Phi) is 3.78. The van der Waals surface area contributed by atoms with Crippen LogP contribution in [0.3, 0.4) is 0 Å². The maximum Gasteiger partial charge on any atom is 0.278 e. The number of nitrogens with zero attached hydrogens (tertiary/aromatic N) is 1. The van der Waals surface area contributed by atoms with Crippen LogP contribution < -0.4 is 10.1 Å². The van der Waals surface area contributed by atoms with Crippen LogP contribution in [-0.4, -0.2) is 29.4 Å². The predicted octanol–water partition coefficient (Wildman–Crippen LogP) is 2.43. The summed E-state index contributed by atoms with van der Waals surface area (Å²) in [5, 5.41) is 2.74. The summed E-state index contributed by atoms with van der Waals surface area (Å²) in [6.07, 6.45) is 0. The number of carbonyl (C=O) groups excluding carboxylic acids is 2. The quantitative estimate of drug-likeness (QED) is 0.886. The van der Waals surface area contributed by atoms with Gasteiger partial charge >= 0.3 is 0 Å². The van der Waals surface area contributed by atoms with Gasteiger partial charge in [-0.25, -0.2) is 0 Å². The maximum absolute atomic E-state index is 12.8. The van der Waals surface area contributed by atoms with Crippen molar-refractivity contribution in [2.45, 2.75) is 19.1 Å². The fraction of sp³-hybridized carbons (Fsp3) is 0.222. The molecule has 0 radical (unpaired) electrons. The molecule has 0 saturated carbocycles. The topological polar surface area (TPSA) is 58.6 Å². The second-order valence-electron chi connectivity index (χ2n) is 5.73. The monoisotopic (exact) mass is 310 g/mol. The molecule has 0 aliphatic carbocycles. The minimum absolute atomic E-state index is 0.381. The molecule has 2 amide bonds. The van der Waals surface area contributed by atoms with Crippen LogP contribution in [0.15, 0.2) is 54.6 Å². The molecule has 1 heterocycles. The van der Waals surface area contributed by atoms with Crippen molar-refractivity contribution in [2.75, 3.05) is 12.4 Å². The number of hydrogen-bond donors (Lipinski definition) is 1. The molecule has 0 spiro atoms. The Morgan fingerprint density at radius 1 is 1.13 bits per heavy atom. The minimum atomic E-state index is -1.57. The number of rotatable bonds is 3. The molecule has 1 aliphatic heterocycles. The summed E-state index contributed by atoms with van der Waals surface area (Å²) in [4.78, 5) is 26.7. The van der Waals surface area contributed by atoms with Crippen molar-refractivity contribution in [1.29, 1.82) is 0 Å². The van der Waals surface area contributed by atoms with Gasteiger partial charge in [-0.15, -0.1) is 0 Å². The Balaban J connectivity index is 1.82. The van der Waals surface area contributed by atoms with Gasteiger partial charge in [0.25, 0.3) is 17.4 Å². The molecule has 1 unspecified atom stereocenters. The lowest BCUT2D eigenvalue weighted by Crippen LogP contribution is -2.58. The lowest BCUT2D eigenvalue weighted by molar-refractivity contribution is -0.154. The number of hydrogen-bond acceptors (Lipinski definition) is 3. The number of para-hydroxylation sites is 2. The summed E-state index contributed by atoms with van der Waals surface area (Å²) in [7, 11) is 1.66. The second-order valence-corrected chi connectivity index (χ2v) is 5.73. The van der Waals surface area contributed by atoms with Gasteiger partial charge < -0.3 is 15.0 Å². The molecule has 0 saturated heterocycles. The molecule has 23 heavy (non-hydrogen) atoms. The van der Waals surface area contributed by atoms with Crippen LogP contribution in [0.1, 0.15) is 12.5 Å². The van der Waals surface area contributed by atoms with Crippen molar-refractivity contribution in [3.63, 3.8) is 0 Å². The Bertz CT molecular complexity index is 745. The van der Waals surface area contributed by atoms with E-state index < -0.39 is 11.5 Å². The number of carbonyl (C=O) groups is 2. The molecule has 1 atom stereocenters. The molecule has 0 aromatic heterocycles. The molecule has 3 rings (SSSR count). The van der Waals surface area contributed by atoms with Gasteiger partial charge in [0.15, 0.2) is 0 Å². The summed E-state index contributed by atoms with van der Waals surface area (Å²) in [5.74, 6) is -0.342. The van der Waals surface area contributed by atoms with E-state index >= 15 is 0 Å². The molecular formula is C18H18N2O3. The van der Waals surface area contributed by atoms with Gasteiger partial charge in [0, 0.05) is 13.6 Å². The molecule has 1 N–H and O–H groups in total. The van der Waals surface area contributed by atoms with Gasteiger partial charge in [-0.3, -0.25) is 9.59 Å². The number of likely N-dealkylation sites (N-methyl/N-ethyl adjacent to an activating group) is 1. The zero-order chi connectivity index (χ0) is 16.4. The summed E-state index contributed by atoms with van der Waals surface area (Å²) in [5.41, 5.74) is -0.00483. The minimum Gasteiger partial charge on any atom is -0.466 e. The molecule has 5 nitrogen and oxygen atoms in total. The third-order valence-electron chi connectivity index (χ3n) is 3.90. The first-order valence-electron chi connectivity index (χ1n) is 7.40. The van der Waals surface area contributed by atoms with Gasteiger partial charge in [0.2, 0.25) is 0 Å². The fourth-order valence-corrected chi connectivity index (χ4v) is 2.60. The summed E-state index contributed by atoms with van der Waals surface area (Å²) >= 11 is 0. The van der Waals surface area contributed by atoms with E-state index in [9.17, 15) is 9.59 Å². The highest BCUT2D eigenvalue weighted by Gasteiger charge is 2.48. The number of benzene rings is 2. The van der Waals surface area contributed by atoms with Gasteiger partial charge in [-0.2, -0.15) is 0 Å². The van der Waals surface area contributed by atoms with Gasteiger partial charge in [-0.1, -0.05) is 42.5 Å². The van der Waals surface area contributed by atoms with Crippen molar-refractivity contribution < 1.29 is 14.3 Å². The Morgan fingerprint density at radius 2 is 1.78 bits per heavy atom. The van der Waals surface area contributed by atoms with Crippen LogP contribution in [0.25, 0.3) is 0 Å². The number of ether oxygens (including phenoxy) is 1. The van der Waals surface area contributed by atoms with Crippen LogP contribution in [-0.2, 0) is 16.1 Å². The summed E-state index contributed by atoms with van der Waals surface area (Å²) in [6.45, 7) is 1.91. The van der Waals surface area contributed by atoms with Crippen molar-refractivity contribution in [2.24, 2.45) is 0 Å². The first-order chi connectivity index (χ1) is 11.0. The Labute approximate surface area is 134 Å². The van der Waals surface area contributed by atoms with Crippen molar-refractivity contribution in [3.05, 3.63) is 60.2 Å². The Hall–Kier alpha value is -2.82. The SMILES string of the molecule is CN(Cc1ccccc1)C(=O)C1(C)Oc2ccccc2NC1=O. The second kappa shape index (κ2) is 5.76. The predicted molar refractivity (Wildman–Crippen MR) is 87.0 cm³/mol. The molecule has 0 bridgehead atoms. The number of anilines is 1. The number of fused-ring (bicyclic) bond motifs is 1. The average Bonchev–Trinajstić information content (AvgIpc) is 2.56. The van der Waals surface area contributed by atoms with Crippen LogP contribution in [0.2, 0.25) is 0 Å². The number of amides is 2. The van der Waals surface area contributed by atoms with Crippen molar-refractivity contribution in [3.8, 4) is 5.75 Å². The van der Waals surface area contributed by atoms with Gasteiger partial charge in [0.1, 0.15) is 5.75 Å². The van der Waals surface area contributed by atoms with E-state index in [0.29, 0.717) is 18.0 Å². The van der Waals surface area contributed by atoms with Crippen LogP contribution in [0, 0.1) is 0 Å². The van der Waals surface area contributed by atoms with E-state index in [-0.39, 0.29) is 5.91 Å². The highest BCUT2D eigenvalue weighted by Crippen LogP contribution is 2.34. The van der Waals surface area contributed by atoms with Crippen molar-refractivity contribution >= 4 is 17.5 Å². The first-order valence-corrected chi connectivity index (χ1v) is 7.40. The van der Waals surface area contributed by atoms with Gasteiger partial charge in [-0.05, 0) is 24.6 Å². The number of nitrogens with one attached hydrogen (secondary N) is 1. The zero-order valence-corrected chi connectivity index (χ0v) is 13.1. The third kappa shape index (κ3) is 2.77. The van der Waals surface area contributed by atoms with E-state index in [2.05, 4.69) is 5.32 Å². The molecule has 2 aromatic rings. The van der Waals surface area contributed by atoms with E-state index in [1.54, 1.807) is 31.3 Å². The molecule has 5 heteroatoms. The van der Waals surface area contributed by atoms with E-state index in [1.165, 1.54) is 11.8 Å². The standard InChI is InChI=1S/C18H18N2O3/c1-18(16(21)19-14-10-6-7-11-15(14)23-18)17(22)20(2)12-13-8-4-3-5-9-13/h3-11H,12H2,1-2H3,(H,19,21). The smallest absolute Gasteiger partial charge is 0.278 e. The average molecular weight is 310 g/mol. The van der Waals surface area contributed by atoms with E-state index in [0.717, 1.165) is 5.56 Å². The zero-order valence-electron chi connectivity index (χ0n) is 13.1. The van der Waals surface area contributed by atoms with Crippen LogP contribution >= 0.6 is 0 Å². The third-order valence-corrected chi connectivity index (χ3v) is 3.90. The lowest BCUT2D eigenvalue weighted by Gasteiger charge is -2.35. The van der Waals surface area contributed by atoms with Crippen LogP contribution in [0.5, 0.6) is 5.75 Å². The van der Waals surface area contributed by atoms with E-state index in [4.69, 9.17) is 4.74 Å². The Morgan fingerprint density at radius 3 is 2.52 bits per heavy atom. The molecule has 1 aliphatic rings. The normalized spacial score (nSPS) is 19.3.